The van der Waals surface area contributed by atoms with Gasteiger partial charge >= 0.3 is 0 Å². The lowest BCUT2D eigenvalue weighted by molar-refractivity contribution is -0.142. The monoisotopic (exact) mass is 522 g/mol. The van der Waals surface area contributed by atoms with E-state index in [1.165, 1.54) is 11.9 Å². The average molecular weight is 524 g/mol. The molecule has 31 heavy (non-hydrogen) atoms. The van der Waals surface area contributed by atoms with E-state index in [2.05, 4.69) is 21.2 Å². The molecule has 0 bridgehead atoms. The predicted octanol–water partition coefficient (Wildman–Crippen LogP) is 5.45. The third-order valence-corrected chi connectivity index (χ3v) is 6.35. The molecule has 0 fully saturated rings. The van der Waals surface area contributed by atoms with Crippen LogP contribution in [0.5, 0.6) is 5.75 Å². The predicted molar refractivity (Wildman–Crippen MR) is 128 cm³/mol. The molecule has 1 N–H and O–H groups in total. The van der Waals surface area contributed by atoms with E-state index in [9.17, 15) is 9.59 Å². The lowest BCUT2D eigenvalue weighted by Crippen LogP contribution is -2.48. The Hall–Kier alpha value is -2.28. The molecule has 0 unspecified atom stereocenters. The first-order chi connectivity index (χ1) is 14.8. The van der Waals surface area contributed by atoms with Crippen molar-refractivity contribution in [3.63, 3.8) is 0 Å². The fourth-order valence-electron chi connectivity index (χ4n) is 3.17. The summed E-state index contributed by atoms with van der Waals surface area (Å²) < 4.78 is 6.58. The lowest BCUT2D eigenvalue weighted by Gasteiger charge is -2.28. The minimum absolute atomic E-state index is 0.145. The van der Waals surface area contributed by atoms with Gasteiger partial charge in [-0.05, 0) is 57.4 Å². The Labute approximate surface area is 199 Å². The van der Waals surface area contributed by atoms with Crippen molar-refractivity contribution in [3.05, 3.63) is 74.7 Å². The Morgan fingerprint density at radius 2 is 1.87 bits per heavy atom. The zero-order chi connectivity index (χ0) is 22.5. The maximum atomic E-state index is 13.1. The minimum Gasteiger partial charge on any atom is -0.483 e. The van der Waals surface area contributed by atoms with Crippen LogP contribution in [0, 0.1) is 0 Å². The molecular formula is C23H21BrCl2N2O3. The highest BCUT2D eigenvalue weighted by Gasteiger charge is 2.26. The Morgan fingerprint density at radius 3 is 2.58 bits per heavy atom. The van der Waals surface area contributed by atoms with E-state index >= 15 is 0 Å². The first-order valence-electron chi connectivity index (χ1n) is 9.57. The second-order valence-electron chi connectivity index (χ2n) is 6.94. The third kappa shape index (κ3) is 5.50. The number of nitrogens with one attached hydrogen (secondary N) is 1. The maximum Gasteiger partial charge on any atom is 0.261 e. The number of ether oxygens (including phenoxy) is 1. The molecule has 3 aromatic carbocycles. The molecular weight excluding hydrogens is 503 g/mol. The van der Waals surface area contributed by atoms with Crippen LogP contribution < -0.4 is 10.1 Å². The number of halogens is 3. The molecule has 3 rings (SSSR count). The SMILES string of the molecule is CNC(=O)[C@@H](C)N(Cc1ccc(Cl)cc1Cl)C(=O)COc1ccc2ccccc2c1Br. The van der Waals surface area contributed by atoms with Crippen molar-refractivity contribution in [3.8, 4) is 5.75 Å². The minimum atomic E-state index is -0.715. The first kappa shape index (κ1) is 23.4. The zero-order valence-electron chi connectivity index (χ0n) is 17.0. The van der Waals surface area contributed by atoms with Crippen molar-refractivity contribution >= 4 is 61.7 Å². The average Bonchev–Trinajstić information content (AvgIpc) is 2.77. The van der Waals surface area contributed by atoms with E-state index in [1.807, 2.05) is 36.4 Å². The summed E-state index contributed by atoms with van der Waals surface area (Å²) in [6.07, 6.45) is 0. The quantitative estimate of drug-likeness (QED) is 0.448. The number of nitrogens with zero attached hydrogens (tertiary/aromatic N) is 1. The largest absolute Gasteiger partial charge is 0.483 e. The highest BCUT2D eigenvalue weighted by molar-refractivity contribution is 9.10. The summed E-state index contributed by atoms with van der Waals surface area (Å²) in [6, 6.07) is 15.9. The van der Waals surface area contributed by atoms with Crippen molar-refractivity contribution < 1.29 is 14.3 Å². The molecule has 0 saturated carbocycles. The van der Waals surface area contributed by atoms with Gasteiger partial charge < -0.3 is 15.0 Å². The van der Waals surface area contributed by atoms with E-state index in [4.69, 9.17) is 27.9 Å². The summed E-state index contributed by atoms with van der Waals surface area (Å²) in [7, 11) is 1.53. The van der Waals surface area contributed by atoms with E-state index in [0.717, 1.165) is 15.2 Å². The topological polar surface area (TPSA) is 58.6 Å². The summed E-state index contributed by atoms with van der Waals surface area (Å²) in [5.41, 5.74) is 0.682. The van der Waals surface area contributed by atoms with E-state index in [1.54, 1.807) is 25.1 Å². The molecule has 5 nitrogen and oxygen atoms in total. The summed E-state index contributed by atoms with van der Waals surface area (Å²) in [5, 5.41) is 5.54. The molecule has 3 aromatic rings. The van der Waals surface area contributed by atoms with Crippen molar-refractivity contribution in [1.82, 2.24) is 10.2 Å². The lowest BCUT2D eigenvalue weighted by atomic mass is 10.1. The van der Waals surface area contributed by atoms with Gasteiger partial charge in [-0.3, -0.25) is 9.59 Å². The number of carbonyl (C=O) groups is 2. The van der Waals surface area contributed by atoms with Crippen LogP contribution in [0.3, 0.4) is 0 Å². The summed E-state index contributed by atoms with van der Waals surface area (Å²) >= 11 is 15.8. The van der Waals surface area contributed by atoms with Gasteiger partial charge in [0.1, 0.15) is 11.8 Å². The first-order valence-corrected chi connectivity index (χ1v) is 11.1. The molecule has 0 aliphatic rings. The van der Waals surface area contributed by atoms with Crippen LogP contribution in [-0.2, 0) is 16.1 Å². The Balaban J connectivity index is 1.81. The van der Waals surface area contributed by atoms with Crippen LogP contribution in [0.2, 0.25) is 10.0 Å². The number of fused-ring (bicyclic) bond motifs is 1. The molecule has 2 amide bonds. The standard InChI is InChI=1S/C23H21BrCl2N2O3/c1-14(23(30)27-2)28(12-16-7-9-17(25)11-19(16)26)21(29)13-31-20-10-8-15-5-3-4-6-18(15)22(20)24/h3-11,14H,12-13H2,1-2H3,(H,27,30)/t14-/m1/s1. The van der Waals surface area contributed by atoms with E-state index in [-0.39, 0.29) is 25.0 Å². The summed E-state index contributed by atoms with van der Waals surface area (Å²) in [5.74, 6) is -0.0865. The van der Waals surface area contributed by atoms with Gasteiger partial charge in [-0.1, -0.05) is 59.6 Å². The number of rotatable bonds is 7. The van der Waals surface area contributed by atoms with Gasteiger partial charge in [0.15, 0.2) is 6.61 Å². The smallest absolute Gasteiger partial charge is 0.261 e. The van der Waals surface area contributed by atoms with Gasteiger partial charge in [-0.2, -0.15) is 0 Å². The molecule has 0 radical (unpaired) electrons. The summed E-state index contributed by atoms with van der Waals surface area (Å²) in [6.45, 7) is 1.57. The van der Waals surface area contributed by atoms with Crippen molar-refractivity contribution in [2.24, 2.45) is 0 Å². The van der Waals surface area contributed by atoms with Crippen LogP contribution in [0.15, 0.2) is 59.1 Å². The Bertz CT molecular complexity index is 1120. The molecule has 0 aliphatic carbocycles. The molecule has 162 valence electrons. The zero-order valence-corrected chi connectivity index (χ0v) is 20.1. The molecule has 0 heterocycles. The Kier molecular flexibility index (Phi) is 7.81. The van der Waals surface area contributed by atoms with Gasteiger partial charge in [-0.15, -0.1) is 0 Å². The second kappa shape index (κ2) is 10.4. The van der Waals surface area contributed by atoms with Crippen LogP contribution in [0.25, 0.3) is 10.8 Å². The van der Waals surface area contributed by atoms with Crippen LogP contribution in [-0.4, -0.2) is 36.4 Å². The highest BCUT2D eigenvalue weighted by Crippen LogP contribution is 2.33. The Morgan fingerprint density at radius 1 is 1.13 bits per heavy atom. The number of amides is 2. The van der Waals surface area contributed by atoms with Crippen molar-refractivity contribution in [1.29, 1.82) is 0 Å². The van der Waals surface area contributed by atoms with Crippen LogP contribution in [0.1, 0.15) is 12.5 Å². The number of hydrogen-bond acceptors (Lipinski definition) is 3. The molecule has 0 saturated heterocycles. The highest BCUT2D eigenvalue weighted by atomic mass is 79.9. The van der Waals surface area contributed by atoms with Crippen molar-refractivity contribution in [2.75, 3.05) is 13.7 Å². The fourth-order valence-corrected chi connectivity index (χ4v) is 4.25. The van der Waals surface area contributed by atoms with Crippen LogP contribution >= 0.6 is 39.1 Å². The second-order valence-corrected chi connectivity index (χ2v) is 8.57. The fraction of sp³-hybridized carbons (Fsp3) is 0.217. The number of carbonyl (C=O) groups excluding carboxylic acids is 2. The maximum absolute atomic E-state index is 13.1. The number of benzene rings is 3. The molecule has 0 aromatic heterocycles. The number of likely N-dealkylation sites (N-methyl/N-ethyl adjacent to an activating group) is 1. The van der Waals surface area contributed by atoms with E-state index < -0.39 is 6.04 Å². The van der Waals surface area contributed by atoms with Gasteiger partial charge in [0.25, 0.3) is 5.91 Å². The molecule has 8 heteroatoms. The van der Waals surface area contributed by atoms with Gasteiger partial charge in [-0.25, -0.2) is 0 Å². The van der Waals surface area contributed by atoms with Gasteiger partial charge in [0.05, 0.1) is 4.47 Å². The van der Waals surface area contributed by atoms with Gasteiger partial charge in [0, 0.05) is 23.6 Å². The number of hydrogen-bond donors (Lipinski definition) is 1. The molecule has 0 aliphatic heterocycles. The van der Waals surface area contributed by atoms with Gasteiger partial charge in [0.2, 0.25) is 5.91 Å². The molecule has 1 atom stereocenters. The molecule has 0 spiro atoms. The van der Waals surface area contributed by atoms with Crippen molar-refractivity contribution in [2.45, 2.75) is 19.5 Å². The normalized spacial score (nSPS) is 11.8. The summed E-state index contributed by atoms with van der Waals surface area (Å²) in [4.78, 5) is 26.8. The van der Waals surface area contributed by atoms with Crippen LogP contribution in [0.4, 0.5) is 0 Å². The third-order valence-electron chi connectivity index (χ3n) is 4.95. The van der Waals surface area contributed by atoms with E-state index in [0.29, 0.717) is 21.4 Å².